The largest absolute Gasteiger partial charge is 0.481 e. The Morgan fingerprint density at radius 3 is 1.14 bits per heavy atom. The molecule has 0 aromatic rings. The van der Waals surface area contributed by atoms with Gasteiger partial charge in [0.2, 0.25) is 0 Å². The zero-order valence-corrected chi connectivity index (χ0v) is 18.7. The van der Waals surface area contributed by atoms with Crippen LogP contribution in [0, 0.1) is 0 Å². The molecule has 0 aromatic heterocycles. The summed E-state index contributed by atoms with van der Waals surface area (Å²) in [5.41, 5.74) is 0. The first-order valence-electron chi connectivity index (χ1n) is 9.24. The second-order valence-corrected chi connectivity index (χ2v) is 5.81. The van der Waals surface area contributed by atoms with E-state index in [2.05, 4.69) is 13.5 Å². The van der Waals surface area contributed by atoms with E-state index in [1.165, 1.54) is 57.4 Å². The van der Waals surface area contributed by atoms with E-state index >= 15 is 0 Å². The van der Waals surface area contributed by atoms with Gasteiger partial charge in [-0.15, -0.1) is 0 Å². The first kappa shape index (κ1) is 41.2. The van der Waals surface area contributed by atoms with Crippen LogP contribution in [0.5, 0.6) is 0 Å². The average Bonchev–Trinajstić information content (AvgIpc) is 2.51. The topological polar surface area (TPSA) is 199 Å². The molecule has 0 bridgehead atoms. The highest BCUT2D eigenvalue weighted by atomic mass is 16.4. The minimum atomic E-state index is -0.833. The first-order valence-corrected chi connectivity index (χ1v) is 9.24. The summed E-state index contributed by atoms with van der Waals surface area (Å²) in [6.45, 7) is 8.96. The van der Waals surface area contributed by atoms with E-state index in [4.69, 9.17) is 29.7 Å². The molecule has 0 heterocycles. The van der Waals surface area contributed by atoms with Crippen LogP contribution in [0.25, 0.3) is 0 Å². The maximum Gasteiger partial charge on any atom is 0.300 e. The lowest BCUT2D eigenvalue weighted by atomic mass is 10.1. The van der Waals surface area contributed by atoms with Crippen LogP contribution >= 0.6 is 0 Å². The Hall–Kier alpha value is -2.26. The van der Waals surface area contributed by atoms with Gasteiger partial charge in [-0.25, -0.2) is 0 Å². The predicted molar refractivity (Wildman–Crippen MR) is 117 cm³/mol. The fourth-order valence-corrected chi connectivity index (χ4v) is 1.71. The normalized spacial score (nSPS) is 7.86. The number of carboxylic acids is 3. The van der Waals surface area contributed by atoms with Crippen molar-refractivity contribution in [1.82, 2.24) is 12.3 Å². The number of unbranched alkanes of at least 4 members (excludes halogenated alkanes) is 8. The summed E-state index contributed by atoms with van der Waals surface area (Å²) in [6, 6.07) is 0. The van der Waals surface area contributed by atoms with Crippen molar-refractivity contribution >= 4 is 23.7 Å². The molecule has 9 heteroatoms. The number of carboxylic acid groups (broad SMARTS) is 3. The third-order valence-electron chi connectivity index (χ3n) is 2.75. The molecule has 0 atom stereocenters. The second kappa shape index (κ2) is 36.6. The number of carbonyl (C=O) groups excluding carboxylic acids is 1. The number of ketones is 1. The molecule has 0 amide bonds. The predicted octanol–water partition coefficient (Wildman–Crippen LogP) is 5.26. The van der Waals surface area contributed by atoms with Crippen LogP contribution in [0.3, 0.4) is 0 Å². The van der Waals surface area contributed by atoms with E-state index in [9.17, 15) is 4.79 Å². The molecule has 0 aliphatic rings. The zero-order valence-electron chi connectivity index (χ0n) is 18.7. The van der Waals surface area contributed by atoms with Gasteiger partial charge in [0, 0.05) is 27.2 Å². The number of hydrogen-bond donors (Lipinski definition) is 5. The Morgan fingerprint density at radius 2 is 0.897 bits per heavy atom. The Kier molecular flexibility index (Phi) is 52.0. The van der Waals surface area contributed by atoms with Crippen molar-refractivity contribution in [3.63, 3.8) is 0 Å². The summed E-state index contributed by atoms with van der Waals surface area (Å²) >= 11 is 0. The molecule has 0 aliphatic carbocycles. The van der Waals surface area contributed by atoms with Gasteiger partial charge in [0.15, 0.2) is 5.78 Å². The number of aliphatic carboxylic acids is 3. The Morgan fingerprint density at radius 1 is 0.655 bits per heavy atom. The lowest BCUT2D eigenvalue weighted by Gasteiger charge is -2.00. The zero-order chi connectivity index (χ0) is 22.1. The molecule has 0 saturated heterocycles. The van der Waals surface area contributed by atoms with Crippen LogP contribution in [0.15, 0.2) is 12.7 Å². The SMILES string of the molecule is C=CC(=O)CCCCCCCCCCC.CC(=O)O.CC(=O)O.CC(=O)O.N.N. The van der Waals surface area contributed by atoms with Gasteiger partial charge in [0.1, 0.15) is 0 Å². The number of rotatable bonds is 11. The number of allylic oxidation sites excluding steroid dienone is 1. The minimum absolute atomic E-state index is 0. The van der Waals surface area contributed by atoms with E-state index in [1.54, 1.807) is 0 Å². The van der Waals surface area contributed by atoms with Gasteiger partial charge in [-0.1, -0.05) is 64.9 Å². The van der Waals surface area contributed by atoms with Crippen LogP contribution in [0.4, 0.5) is 0 Å². The molecule has 0 aromatic carbocycles. The lowest BCUT2D eigenvalue weighted by molar-refractivity contribution is -0.135. The van der Waals surface area contributed by atoms with Gasteiger partial charge in [-0.05, 0) is 12.5 Å². The van der Waals surface area contributed by atoms with Crippen molar-refractivity contribution in [1.29, 1.82) is 0 Å². The lowest BCUT2D eigenvalue weighted by Crippen LogP contribution is -1.91. The van der Waals surface area contributed by atoms with Crippen molar-refractivity contribution in [3.8, 4) is 0 Å². The van der Waals surface area contributed by atoms with Crippen LogP contribution in [0.2, 0.25) is 0 Å². The monoisotopic (exact) mass is 424 g/mol. The van der Waals surface area contributed by atoms with E-state index in [0.717, 1.165) is 27.2 Å². The fraction of sp³-hybridized carbons (Fsp3) is 0.700. The van der Waals surface area contributed by atoms with E-state index in [-0.39, 0.29) is 18.1 Å². The molecular weight excluding hydrogens is 380 g/mol. The molecule has 9 N–H and O–H groups in total. The van der Waals surface area contributed by atoms with Crippen molar-refractivity contribution in [2.45, 2.75) is 91.9 Å². The van der Waals surface area contributed by atoms with Crippen LogP contribution < -0.4 is 12.3 Å². The Bertz CT molecular complexity index is 360. The highest BCUT2D eigenvalue weighted by Crippen LogP contribution is 2.10. The highest BCUT2D eigenvalue weighted by Gasteiger charge is 1.95. The molecule has 176 valence electrons. The molecule has 0 unspecified atom stereocenters. The third-order valence-corrected chi connectivity index (χ3v) is 2.75. The van der Waals surface area contributed by atoms with Crippen LogP contribution in [-0.4, -0.2) is 39.0 Å². The Balaban J connectivity index is -0.0000000782. The molecular formula is C20H44N2O7. The van der Waals surface area contributed by atoms with Crippen molar-refractivity contribution < 1.29 is 34.5 Å². The van der Waals surface area contributed by atoms with Gasteiger partial charge < -0.3 is 27.6 Å². The number of hydrogen-bond acceptors (Lipinski definition) is 6. The summed E-state index contributed by atoms with van der Waals surface area (Å²) in [5, 5.41) is 22.2. The third kappa shape index (κ3) is 126. The maximum atomic E-state index is 10.9. The average molecular weight is 425 g/mol. The standard InChI is InChI=1S/C14H26O.3C2H4O2.2H3N/c1-3-5-6-7-8-9-10-11-12-13-14(15)4-2;3*1-2(3)4;;/h4H,2-3,5-13H2,1H3;3*1H3,(H,3,4);2*1H3. The van der Waals surface area contributed by atoms with Crippen molar-refractivity contribution in [3.05, 3.63) is 12.7 Å². The fourth-order valence-electron chi connectivity index (χ4n) is 1.71. The molecule has 0 aliphatic heterocycles. The second-order valence-electron chi connectivity index (χ2n) is 5.81. The molecule has 9 nitrogen and oxygen atoms in total. The highest BCUT2D eigenvalue weighted by molar-refractivity contribution is 5.88. The van der Waals surface area contributed by atoms with Crippen molar-refractivity contribution in [2.75, 3.05) is 0 Å². The summed E-state index contributed by atoms with van der Waals surface area (Å²) < 4.78 is 0. The smallest absolute Gasteiger partial charge is 0.300 e. The van der Waals surface area contributed by atoms with Gasteiger partial charge in [-0.2, -0.15) is 0 Å². The summed E-state index contributed by atoms with van der Waals surface area (Å²) in [6.07, 6.45) is 13.9. The molecule has 29 heavy (non-hydrogen) atoms. The van der Waals surface area contributed by atoms with Gasteiger partial charge in [-0.3, -0.25) is 19.2 Å². The molecule has 0 spiro atoms. The molecule has 0 rings (SSSR count). The number of carbonyl (C=O) groups is 4. The quantitative estimate of drug-likeness (QED) is 0.216. The maximum absolute atomic E-state index is 10.9. The van der Waals surface area contributed by atoms with E-state index in [1.807, 2.05) is 0 Å². The summed E-state index contributed by atoms with van der Waals surface area (Å²) in [4.78, 5) is 37.9. The van der Waals surface area contributed by atoms with Crippen molar-refractivity contribution in [2.24, 2.45) is 0 Å². The van der Waals surface area contributed by atoms with Gasteiger partial charge in [0.05, 0.1) is 0 Å². The molecule has 0 radical (unpaired) electrons. The van der Waals surface area contributed by atoms with Crippen LogP contribution in [0.1, 0.15) is 91.9 Å². The molecule has 0 saturated carbocycles. The van der Waals surface area contributed by atoms with Gasteiger partial charge in [0.25, 0.3) is 17.9 Å². The van der Waals surface area contributed by atoms with E-state index in [0.29, 0.717) is 6.42 Å². The Labute approximate surface area is 175 Å². The van der Waals surface area contributed by atoms with Gasteiger partial charge >= 0.3 is 0 Å². The van der Waals surface area contributed by atoms with Crippen LogP contribution in [-0.2, 0) is 19.2 Å². The first-order chi connectivity index (χ1) is 12.5. The minimum Gasteiger partial charge on any atom is -0.481 e. The summed E-state index contributed by atoms with van der Waals surface area (Å²) in [5.74, 6) is -2.31. The van der Waals surface area contributed by atoms with E-state index < -0.39 is 17.9 Å². The molecule has 0 fully saturated rings. The summed E-state index contributed by atoms with van der Waals surface area (Å²) in [7, 11) is 0.